The number of aryl methyl sites for hydroxylation is 3. The van der Waals surface area contributed by atoms with Crippen molar-refractivity contribution < 1.29 is 9.53 Å². The van der Waals surface area contributed by atoms with Crippen molar-refractivity contribution in [2.24, 2.45) is 0 Å². The number of carbonyl (C=O) groups excluding carboxylic acids is 1. The number of fused-ring (bicyclic) bond motifs is 1. The second-order valence-corrected chi connectivity index (χ2v) is 8.52. The average molecular weight is 457 g/mol. The van der Waals surface area contributed by atoms with Gasteiger partial charge in [-0.05, 0) is 74.6 Å². The molecule has 6 nitrogen and oxygen atoms in total. The van der Waals surface area contributed by atoms with Gasteiger partial charge < -0.3 is 14.6 Å². The number of nitrogens with one attached hydrogen (secondary N) is 1. The van der Waals surface area contributed by atoms with Gasteiger partial charge in [0.15, 0.2) is 0 Å². The van der Waals surface area contributed by atoms with Gasteiger partial charge in [0, 0.05) is 31.9 Å². The maximum Gasteiger partial charge on any atom is 0.252 e. The van der Waals surface area contributed by atoms with Crippen LogP contribution in [0.1, 0.15) is 46.6 Å². The number of rotatable bonds is 11. The monoisotopic (exact) mass is 456 g/mol. The third kappa shape index (κ3) is 5.81. The van der Waals surface area contributed by atoms with Crippen molar-refractivity contribution in [3.8, 4) is 5.75 Å². The summed E-state index contributed by atoms with van der Waals surface area (Å²) < 4.78 is 8.34. The van der Waals surface area contributed by atoms with E-state index in [1.165, 1.54) is 11.1 Å². The summed E-state index contributed by atoms with van der Waals surface area (Å²) >= 11 is 0. The normalized spacial score (nSPS) is 11.0. The minimum Gasteiger partial charge on any atom is -0.493 e. The summed E-state index contributed by atoms with van der Waals surface area (Å²) in [4.78, 5) is 21.1. The number of unbranched alkanes of at least 4 members (excludes halogenated alkanes) is 1. The predicted molar refractivity (Wildman–Crippen MR) is 135 cm³/mol. The highest BCUT2D eigenvalue weighted by Gasteiger charge is 2.11. The van der Waals surface area contributed by atoms with Crippen molar-refractivity contribution in [1.29, 1.82) is 0 Å². The van der Waals surface area contributed by atoms with E-state index in [0.717, 1.165) is 54.8 Å². The molecular formula is C28H32N4O2. The molecule has 6 heteroatoms. The lowest BCUT2D eigenvalue weighted by Crippen LogP contribution is -2.25. The number of carbonyl (C=O) groups is 1. The Morgan fingerprint density at radius 3 is 2.74 bits per heavy atom. The minimum atomic E-state index is -0.0922. The Labute approximate surface area is 201 Å². The molecule has 4 rings (SSSR count). The Balaban J connectivity index is 1.30. The van der Waals surface area contributed by atoms with E-state index in [-0.39, 0.29) is 5.91 Å². The van der Waals surface area contributed by atoms with Gasteiger partial charge in [-0.2, -0.15) is 0 Å². The molecule has 0 atom stereocenters. The zero-order valence-corrected chi connectivity index (χ0v) is 20.0. The lowest BCUT2D eigenvalue weighted by Gasteiger charge is -2.12. The van der Waals surface area contributed by atoms with E-state index >= 15 is 0 Å². The second kappa shape index (κ2) is 11.5. The van der Waals surface area contributed by atoms with Gasteiger partial charge in [0.05, 0.1) is 23.2 Å². The fraction of sp³-hybridized carbons (Fsp3) is 0.321. The molecule has 0 saturated carbocycles. The van der Waals surface area contributed by atoms with Crippen molar-refractivity contribution >= 4 is 16.9 Å². The van der Waals surface area contributed by atoms with E-state index in [2.05, 4.69) is 53.0 Å². The van der Waals surface area contributed by atoms with Crippen LogP contribution < -0.4 is 10.1 Å². The van der Waals surface area contributed by atoms with Gasteiger partial charge in [-0.15, -0.1) is 0 Å². The molecule has 0 radical (unpaired) electrons. The first-order valence-electron chi connectivity index (χ1n) is 11.9. The molecule has 0 spiro atoms. The zero-order valence-electron chi connectivity index (χ0n) is 20.0. The molecule has 176 valence electrons. The molecule has 2 aromatic carbocycles. The summed E-state index contributed by atoms with van der Waals surface area (Å²) in [6.07, 6.45) is 6.86. The van der Waals surface area contributed by atoms with Crippen LogP contribution in [-0.2, 0) is 13.0 Å². The molecule has 0 aliphatic rings. The molecule has 0 saturated heterocycles. The van der Waals surface area contributed by atoms with Crippen molar-refractivity contribution in [2.75, 3.05) is 13.2 Å². The summed E-state index contributed by atoms with van der Waals surface area (Å²) in [5.74, 6) is 1.94. The molecule has 34 heavy (non-hydrogen) atoms. The molecule has 0 bridgehead atoms. The Bertz CT molecular complexity index is 1230. The van der Waals surface area contributed by atoms with Gasteiger partial charge in [-0.25, -0.2) is 4.98 Å². The number of para-hydroxylation sites is 2. The average Bonchev–Trinajstić information content (AvgIpc) is 3.22. The van der Waals surface area contributed by atoms with Crippen LogP contribution in [0.3, 0.4) is 0 Å². The molecule has 1 N–H and O–H groups in total. The number of aromatic nitrogens is 3. The Kier molecular flexibility index (Phi) is 7.91. The number of hydrogen-bond acceptors (Lipinski definition) is 4. The molecule has 0 aliphatic heterocycles. The first-order chi connectivity index (χ1) is 16.6. The summed E-state index contributed by atoms with van der Waals surface area (Å²) in [6.45, 7) is 6.41. The number of imidazole rings is 1. The first-order valence-corrected chi connectivity index (χ1v) is 11.9. The fourth-order valence-electron chi connectivity index (χ4n) is 4.05. The first kappa shape index (κ1) is 23.5. The van der Waals surface area contributed by atoms with Crippen molar-refractivity contribution in [2.45, 2.75) is 46.1 Å². The van der Waals surface area contributed by atoms with Crippen LogP contribution in [-0.4, -0.2) is 33.6 Å². The summed E-state index contributed by atoms with van der Waals surface area (Å²) in [5, 5.41) is 2.97. The van der Waals surface area contributed by atoms with E-state index in [4.69, 9.17) is 9.72 Å². The van der Waals surface area contributed by atoms with Gasteiger partial charge in [-0.3, -0.25) is 9.78 Å². The topological polar surface area (TPSA) is 69.0 Å². The molecular weight excluding hydrogens is 424 g/mol. The largest absolute Gasteiger partial charge is 0.493 e. The van der Waals surface area contributed by atoms with E-state index < -0.39 is 0 Å². The van der Waals surface area contributed by atoms with E-state index in [0.29, 0.717) is 18.7 Å². The van der Waals surface area contributed by atoms with E-state index in [1.807, 2.05) is 18.2 Å². The van der Waals surface area contributed by atoms with E-state index in [1.54, 1.807) is 24.5 Å². The molecule has 4 aromatic rings. The van der Waals surface area contributed by atoms with Crippen LogP contribution in [0.5, 0.6) is 5.75 Å². The Morgan fingerprint density at radius 2 is 1.88 bits per heavy atom. The standard InChI is InChI=1S/C28H32N4O2/c1-21-10-7-14-26(22(21)2)34-19-6-5-18-32-25-13-4-3-12-24(25)31-27(32)15-9-17-30-28(33)23-11-8-16-29-20-23/h3-4,7-8,10-14,16,20H,5-6,9,15,17-19H2,1-2H3,(H,30,33). The zero-order chi connectivity index (χ0) is 23.8. The van der Waals surface area contributed by atoms with Crippen molar-refractivity contribution in [1.82, 2.24) is 19.9 Å². The smallest absolute Gasteiger partial charge is 0.252 e. The van der Waals surface area contributed by atoms with Crippen LogP contribution in [0.4, 0.5) is 0 Å². The fourth-order valence-corrected chi connectivity index (χ4v) is 4.05. The van der Waals surface area contributed by atoms with Gasteiger partial charge >= 0.3 is 0 Å². The van der Waals surface area contributed by atoms with Crippen molar-refractivity contribution in [3.05, 3.63) is 89.5 Å². The van der Waals surface area contributed by atoms with Gasteiger partial charge in [-0.1, -0.05) is 24.3 Å². The Hall–Kier alpha value is -3.67. The second-order valence-electron chi connectivity index (χ2n) is 8.52. The molecule has 2 heterocycles. The highest BCUT2D eigenvalue weighted by atomic mass is 16.5. The quantitative estimate of drug-likeness (QED) is 0.312. The number of hydrogen-bond donors (Lipinski definition) is 1. The highest BCUT2D eigenvalue weighted by Crippen LogP contribution is 2.21. The van der Waals surface area contributed by atoms with Gasteiger partial charge in [0.25, 0.3) is 5.91 Å². The van der Waals surface area contributed by atoms with Crippen molar-refractivity contribution in [3.63, 3.8) is 0 Å². The van der Waals surface area contributed by atoms with E-state index in [9.17, 15) is 4.79 Å². The maximum absolute atomic E-state index is 12.2. The van der Waals surface area contributed by atoms with Crippen LogP contribution in [0.2, 0.25) is 0 Å². The number of amides is 1. The minimum absolute atomic E-state index is 0.0922. The molecule has 2 aromatic heterocycles. The molecule has 1 amide bonds. The third-order valence-corrected chi connectivity index (χ3v) is 6.11. The van der Waals surface area contributed by atoms with Gasteiger partial charge in [0.2, 0.25) is 0 Å². The summed E-state index contributed by atoms with van der Waals surface area (Å²) in [5.41, 5.74) is 5.22. The predicted octanol–water partition coefficient (Wildman–Crippen LogP) is 5.27. The molecule has 0 aliphatic carbocycles. The van der Waals surface area contributed by atoms with Crippen LogP contribution in [0.25, 0.3) is 11.0 Å². The molecule has 0 fully saturated rings. The number of ether oxygens (including phenoxy) is 1. The summed E-state index contributed by atoms with van der Waals surface area (Å²) in [6, 6.07) is 18.0. The highest BCUT2D eigenvalue weighted by molar-refractivity contribution is 5.93. The SMILES string of the molecule is Cc1cccc(OCCCCn2c(CCCNC(=O)c3cccnc3)nc3ccccc32)c1C. The van der Waals surface area contributed by atoms with Gasteiger partial charge in [0.1, 0.15) is 11.6 Å². The molecule has 0 unspecified atom stereocenters. The lowest BCUT2D eigenvalue weighted by atomic mass is 10.1. The maximum atomic E-state index is 12.2. The number of benzene rings is 2. The number of pyridine rings is 1. The van der Waals surface area contributed by atoms with Crippen LogP contribution in [0.15, 0.2) is 67.0 Å². The van der Waals surface area contributed by atoms with Crippen LogP contribution >= 0.6 is 0 Å². The Morgan fingerprint density at radius 1 is 1.00 bits per heavy atom. The lowest BCUT2D eigenvalue weighted by molar-refractivity contribution is 0.0952. The third-order valence-electron chi connectivity index (χ3n) is 6.11. The number of nitrogens with zero attached hydrogens (tertiary/aromatic N) is 3. The van der Waals surface area contributed by atoms with Crippen LogP contribution in [0, 0.1) is 13.8 Å². The summed E-state index contributed by atoms with van der Waals surface area (Å²) in [7, 11) is 0.